The van der Waals surface area contributed by atoms with Gasteiger partial charge in [-0.2, -0.15) is 4.31 Å². The Kier molecular flexibility index (Phi) is 3.15. The second kappa shape index (κ2) is 4.24. The van der Waals surface area contributed by atoms with Gasteiger partial charge in [-0.05, 0) is 44.4 Å². The van der Waals surface area contributed by atoms with Crippen LogP contribution in [0.15, 0.2) is 29.2 Å². The summed E-state index contributed by atoms with van der Waals surface area (Å²) in [5.74, 6) is 0.385. The van der Waals surface area contributed by atoms with Gasteiger partial charge in [0.1, 0.15) is 0 Å². The zero-order valence-electron chi connectivity index (χ0n) is 11.1. The molecule has 1 aromatic rings. The molecule has 0 bridgehead atoms. The van der Waals surface area contributed by atoms with Gasteiger partial charge >= 0.3 is 0 Å². The van der Waals surface area contributed by atoms with Gasteiger partial charge in [-0.3, -0.25) is 0 Å². The van der Waals surface area contributed by atoms with Gasteiger partial charge < -0.3 is 5.73 Å². The molecule has 1 heterocycles. The van der Waals surface area contributed by atoms with Gasteiger partial charge in [0.15, 0.2) is 0 Å². The van der Waals surface area contributed by atoms with E-state index in [1.807, 2.05) is 13.8 Å². The summed E-state index contributed by atoms with van der Waals surface area (Å²) in [6.07, 6.45) is 0.883. The molecular formula is C13H20N2O2S. The largest absolute Gasteiger partial charge is 0.399 e. The zero-order chi connectivity index (χ0) is 13.6. The molecule has 1 aromatic carbocycles. The Balaban J connectivity index is 2.44. The molecule has 1 aliphatic heterocycles. The topological polar surface area (TPSA) is 63.4 Å². The Labute approximate surface area is 109 Å². The normalized spacial score (nSPS) is 24.3. The number of sulfonamides is 1. The first-order chi connectivity index (χ1) is 8.23. The fourth-order valence-electron chi connectivity index (χ4n) is 2.78. The average Bonchev–Trinajstić information content (AvgIpc) is 2.52. The highest BCUT2D eigenvalue weighted by molar-refractivity contribution is 7.89. The maximum atomic E-state index is 12.6. The standard InChI is InChI=1S/C13H20N2O2S/c1-10-8-13(2,3)15(9-10)18(16,17)12-6-4-5-11(14)7-12/h4-7,10H,8-9,14H2,1-3H3. The highest BCUT2D eigenvalue weighted by Crippen LogP contribution is 2.37. The van der Waals surface area contributed by atoms with Crippen molar-refractivity contribution in [1.29, 1.82) is 0 Å². The number of hydrogen-bond acceptors (Lipinski definition) is 3. The van der Waals surface area contributed by atoms with Crippen molar-refractivity contribution in [1.82, 2.24) is 4.31 Å². The van der Waals surface area contributed by atoms with Crippen LogP contribution >= 0.6 is 0 Å². The minimum Gasteiger partial charge on any atom is -0.399 e. The summed E-state index contributed by atoms with van der Waals surface area (Å²) in [7, 11) is -3.45. The first-order valence-electron chi connectivity index (χ1n) is 6.12. The molecule has 1 unspecified atom stereocenters. The van der Waals surface area contributed by atoms with Crippen molar-refractivity contribution in [3.63, 3.8) is 0 Å². The van der Waals surface area contributed by atoms with Crippen molar-refractivity contribution in [2.45, 2.75) is 37.6 Å². The van der Waals surface area contributed by atoms with Crippen molar-refractivity contribution in [3.05, 3.63) is 24.3 Å². The summed E-state index contributed by atoms with van der Waals surface area (Å²) in [6, 6.07) is 6.49. The summed E-state index contributed by atoms with van der Waals surface area (Å²) < 4.78 is 26.8. The Morgan fingerprint density at radius 3 is 2.56 bits per heavy atom. The highest BCUT2D eigenvalue weighted by atomic mass is 32.2. The van der Waals surface area contributed by atoms with Gasteiger partial charge in [0.05, 0.1) is 4.90 Å². The van der Waals surface area contributed by atoms with E-state index >= 15 is 0 Å². The highest BCUT2D eigenvalue weighted by Gasteiger charge is 2.43. The molecule has 0 aromatic heterocycles. The lowest BCUT2D eigenvalue weighted by atomic mass is 9.99. The van der Waals surface area contributed by atoms with E-state index in [0.29, 0.717) is 18.2 Å². The molecule has 1 saturated heterocycles. The molecule has 2 rings (SSSR count). The molecule has 1 atom stereocenters. The van der Waals surface area contributed by atoms with Gasteiger partial charge in [-0.1, -0.05) is 13.0 Å². The molecule has 4 nitrogen and oxygen atoms in total. The SMILES string of the molecule is CC1CN(S(=O)(=O)c2cccc(N)c2)C(C)(C)C1. The average molecular weight is 268 g/mol. The van der Waals surface area contributed by atoms with Crippen LogP contribution in [0, 0.1) is 5.92 Å². The molecule has 5 heteroatoms. The van der Waals surface area contributed by atoms with Crippen LogP contribution in [0.2, 0.25) is 0 Å². The lowest BCUT2D eigenvalue weighted by Gasteiger charge is -2.30. The fourth-order valence-corrected chi connectivity index (χ4v) is 4.74. The first kappa shape index (κ1) is 13.4. The molecule has 1 aliphatic rings. The third-order valence-corrected chi connectivity index (χ3v) is 5.52. The second-order valence-electron chi connectivity index (χ2n) is 5.73. The van der Waals surface area contributed by atoms with Crippen LogP contribution in [0.3, 0.4) is 0 Å². The lowest BCUT2D eigenvalue weighted by molar-refractivity contribution is 0.291. The van der Waals surface area contributed by atoms with E-state index in [1.54, 1.807) is 22.5 Å². The zero-order valence-corrected chi connectivity index (χ0v) is 11.9. The molecule has 100 valence electrons. The maximum Gasteiger partial charge on any atom is 0.243 e. The molecule has 18 heavy (non-hydrogen) atoms. The van der Waals surface area contributed by atoms with Gasteiger partial charge in [0.25, 0.3) is 0 Å². The first-order valence-corrected chi connectivity index (χ1v) is 7.56. The van der Waals surface area contributed by atoms with E-state index in [1.165, 1.54) is 6.07 Å². The van der Waals surface area contributed by atoms with E-state index in [2.05, 4.69) is 6.92 Å². The Hall–Kier alpha value is -1.07. The third kappa shape index (κ3) is 2.24. The second-order valence-corrected chi connectivity index (χ2v) is 7.59. The number of hydrogen-bond donors (Lipinski definition) is 1. The van der Waals surface area contributed by atoms with Crippen LogP contribution in [0.4, 0.5) is 5.69 Å². The number of nitrogens with zero attached hydrogens (tertiary/aromatic N) is 1. The van der Waals surface area contributed by atoms with Crippen LogP contribution in [-0.2, 0) is 10.0 Å². The van der Waals surface area contributed by atoms with E-state index < -0.39 is 10.0 Å². The number of anilines is 1. The van der Waals surface area contributed by atoms with Crippen molar-refractivity contribution in [3.8, 4) is 0 Å². The molecular weight excluding hydrogens is 248 g/mol. The lowest BCUT2D eigenvalue weighted by Crippen LogP contribution is -2.42. The van der Waals surface area contributed by atoms with Crippen LogP contribution in [-0.4, -0.2) is 24.8 Å². The Morgan fingerprint density at radius 1 is 1.39 bits per heavy atom. The van der Waals surface area contributed by atoms with E-state index in [-0.39, 0.29) is 10.4 Å². The Bertz CT molecular complexity index is 552. The molecule has 2 N–H and O–H groups in total. The van der Waals surface area contributed by atoms with E-state index in [4.69, 9.17) is 5.73 Å². The van der Waals surface area contributed by atoms with Gasteiger partial charge in [-0.15, -0.1) is 0 Å². The minimum absolute atomic E-state index is 0.282. The van der Waals surface area contributed by atoms with E-state index in [9.17, 15) is 8.42 Å². The number of nitrogens with two attached hydrogens (primary N) is 1. The molecule has 0 aliphatic carbocycles. The Morgan fingerprint density at radius 2 is 2.06 bits per heavy atom. The van der Waals surface area contributed by atoms with Crippen LogP contribution in [0.25, 0.3) is 0 Å². The minimum atomic E-state index is -3.45. The van der Waals surface area contributed by atoms with Gasteiger partial charge in [0, 0.05) is 17.8 Å². The number of rotatable bonds is 2. The van der Waals surface area contributed by atoms with Crippen LogP contribution in [0.5, 0.6) is 0 Å². The molecule has 1 fully saturated rings. The van der Waals surface area contributed by atoms with Crippen molar-refractivity contribution in [2.75, 3.05) is 12.3 Å². The summed E-state index contributed by atoms with van der Waals surface area (Å²) >= 11 is 0. The smallest absolute Gasteiger partial charge is 0.243 e. The van der Waals surface area contributed by atoms with Crippen LogP contribution < -0.4 is 5.73 Å². The number of benzene rings is 1. The summed E-state index contributed by atoms with van der Waals surface area (Å²) in [5.41, 5.74) is 5.81. The predicted molar refractivity (Wildman–Crippen MR) is 72.6 cm³/mol. The van der Waals surface area contributed by atoms with Crippen LogP contribution in [0.1, 0.15) is 27.2 Å². The maximum absolute atomic E-state index is 12.6. The quantitative estimate of drug-likeness (QED) is 0.835. The monoisotopic (exact) mass is 268 g/mol. The number of nitrogen functional groups attached to an aromatic ring is 1. The molecule has 0 saturated carbocycles. The van der Waals surface area contributed by atoms with Crippen molar-refractivity contribution in [2.24, 2.45) is 5.92 Å². The van der Waals surface area contributed by atoms with Gasteiger partial charge in [-0.25, -0.2) is 8.42 Å². The van der Waals surface area contributed by atoms with Crippen molar-refractivity contribution < 1.29 is 8.42 Å². The fraction of sp³-hybridized carbons (Fsp3) is 0.538. The van der Waals surface area contributed by atoms with E-state index in [0.717, 1.165) is 6.42 Å². The summed E-state index contributed by atoms with van der Waals surface area (Å²) in [5, 5.41) is 0. The summed E-state index contributed by atoms with van der Waals surface area (Å²) in [6.45, 7) is 6.60. The molecule has 0 spiro atoms. The molecule has 0 radical (unpaired) electrons. The van der Waals surface area contributed by atoms with Gasteiger partial charge in [0.2, 0.25) is 10.0 Å². The predicted octanol–water partition coefficient (Wildman–Crippen LogP) is 2.08. The van der Waals surface area contributed by atoms with Crippen molar-refractivity contribution >= 4 is 15.7 Å². The third-order valence-electron chi connectivity index (χ3n) is 3.45. The summed E-state index contributed by atoms with van der Waals surface area (Å²) in [4.78, 5) is 0.282. The molecule has 0 amide bonds.